The fraction of sp³-hybridized carbons (Fsp3) is 0.429. The maximum atomic E-state index is 5.67. The third kappa shape index (κ3) is 2.64. The zero-order valence-corrected chi connectivity index (χ0v) is 9.86. The van der Waals surface area contributed by atoms with Gasteiger partial charge in [-0.2, -0.15) is 0 Å². The Kier molecular flexibility index (Phi) is 4.00. The van der Waals surface area contributed by atoms with Crippen LogP contribution in [0.2, 0.25) is 0 Å². The van der Waals surface area contributed by atoms with E-state index in [0.29, 0.717) is 6.61 Å². The topological polar surface area (TPSA) is 13.6 Å². The standard InChI is InChI=1S/C14H19NO/c1-2-3-6-11-16-12-14-9-8-13-7-4-5-10-15(13)14/h4-5,7-10H,2-3,6,11-12H2,1H3. The smallest absolute Gasteiger partial charge is 0.0871 e. The van der Waals surface area contributed by atoms with Crippen LogP contribution in [0, 0.1) is 0 Å². The van der Waals surface area contributed by atoms with Crippen molar-refractivity contribution in [1.29, 1.82) is 0 Å². The van der Waals surface area contributed by atoms with E-state index in [2.05, 4.69) is 41.8 Å². The minimum Gasteiger partial charge on any atom is -0.375 e. The van der Waals surface area contributed by atoms with E-state index in [1.165, 1.54) is 30.5 Å². The molecule has 2 rings (SSSR count). The van der Waals surface area contributed by atoms with E-state index in [4.69, 9.17) is 4.74 Å². The number of aromatic nitrogens is 1. The zero-order chi connectivity index (χ0) is 11.2. The molecule has 0 unspecified atom stereocenters. The normalized spacial score (nSPS) is 11.1. The minimum atomic E-state index is 0.710. The molecule has 0 spiro atoms. The first kappa shape index (κ1) is 11.2. The van der Waals surface area contributed by atoms with Crippen molar-refractivity contribution in [1.82, 2.24) is 4.40 Å². The summed E-state index contributed by atoms with van der Waals surface area (Å²) in [4.78, 5) is 0. The van der Waals surface area contributed by atoms with Gasteiger partial charge in [-0.05, 0) is 30.7 Å². The highest BCUT2D eigenvalue weighted by Gasteiger charge is 2.00. The van der Waals surface area contributed by atoms with Crippen molar-refractivity contribution >= 4 is 5.52 Å². The fourth-order valence-corrected chi connectivity index (χ4v) is 1.86. The van der Waals surface area contributed by atoms with Gasteiger partial charge in [0.05, 0.1) is 6.61 Å². The number of hydrogen-bond donors (Lipinski definition) is 0. The molecule has 0 aliphatic rings. The number of fused-ring (bicyclic) bond motifs is 1. The Bertz CT molecular complexity index is 433. The first-order valence-electron chi connectivity index (χ1n) is 6.04. The quantitative estimate of drug-likeness (QED) is 0.673. The molecule has 2 aromatic rings. The molecule has 0 saturated heterocycles. The van der Waals surface area contributed by atoms with Crippen LogP contribution in [0.5, 0.6) is 0 Å². The zero-order valence-electron chi connectivity index (χ0n) is 9.86. The van der Waals surface area contributed by atoms with Crippen molar-refractivity contribution in [3.63, 3.8) is 0 Å². The molecular weight excluding hydrogens is 198 g/mol. The second-order valence-electron chi connectivity index (χ2n) is 4.08. The van der Waals surface area contributed by atoms with Crippen LogP contribution in [0.15, 0.2) is 36.5 Å². The van der Waals surface area contributed by atoms with Crippen molar-refractivity contribution in [3.8, 4) is 0 Å². The molecule has 0 amide bonds. The minimum absolute atomic E-state index is 0.710. The molecule has 2 nitrogen and oxygen atoms in total. The molecular formula is C14H19NO. The van der Waals surface area contributed by atoms with Crippen molar-refractivity contribution in [3.05, 3.63) is 42.2 Å². The molecule has 0 radical (unpaired) electrons. The maximum Gasteiger partial charge on any atom is 0.0871 e. The second-order valence-corrected chi connectivity index (χ2v) is 4.08. The van der Waals surface area contributed by atoms with Crippen LogP contribution in [0.4, 0.5) is 0 Å². The molecule has 0 aliphatic carbocycles. The number of hydrogen-bond acceptors (Lipinski definition) is 1. The Hall–Kier alpha value is -1.28. The molecule has 0 aromatic carbocycles. The average molecular weight is 217 g/mol. The van der Waals surface area contributed by atoms with Crippen LogP contribution in [0.3, 0.4) is 0 Å². The Labute approximate surface area is 96.9 Å². The van der Waals surface area contributed by atoms with Crippen molar-refractivity contribution in [2.75, 3.05) is 6.61 Å². The van der Waals surface area contributed by atoms with Crippen LogP contribution in [0.1, 0.15) is 31.9 Å². The van der Waals surface area contributed by atoms with E-state index in [0.717, 1.165) is 6.61 Å². The third-order valence-electron chi connectivity index (χ3n) is 2.79. The Morgan fingerprint density at radius 2 is 2.06 bits per heavy atom. The monoisotopic (exact) mass is 217 g/mol. The molecule has 0 N–H and O–H groups in total. The van der Waals surface area contributed by atoms with Gasteiger partial charge in [0, 0.05) is 24.0 Å². The maximum absolute atomic E-state index is 5.67. The van der Waals surface area contributed by atoms with E-state index in [1.807, 2.05) is 6.07 Å². The first-order valence-corrected chi connectivity index (χ1v) is 6.04. The van der Waals surface area contributed by atoms with Gasteiger partial charge in [0.2, 0.25) is 0 Å². The van der Waals surface area contributed by atoms with Crippen molar-refractivity contribution in [2.45, 2.75) is 32.8 Å². The van der Waals surface area contributed by atoms with Gasteiger partial charge in [-0.1, -0.05) is 25.8 Å². The second kappa shape index (κ2) is 5.71. The summed E-state index contributed by atoms with van der Waals surface area (Å²) in [5, 5.41) is 0. The highest BCUT2D eigenvalue weighted by molar-refractivity contribution is 5.49. The van der Waals surface area contributed by atoms with E-state index >= 15 is 0 Å². The lowest BCUT2D eigenvalue weighted by molar-refractivity contribution is 0.114. The number of nitrogens with zero attached hydrogens (tertiary/aromatic N) is 1. The van der Waals surface area contributed by atoms with Crippen molar-refractivity contribution < 1.29 is 4.74 Å². The van der Waals surface area contributed by atoms with Gasteiger partial charge in [-0.15, -0.1) is 0 Å². The van der Waals surface area contributed by atoms with E-state index < -0.39 is 0 Å². The summed E-state index contributed by atoms with van der Waals surface area (Å²) in [6, 6.07) is 10.5. The molecule has 16 heavy (non-hydrogen) atoms. The number of rotatable bonds is 6. The van der Waals surface area contributed by atoms with E-state index in [9.17, 15) is 0 Å². The molecule has 0 saturated carbocycles. The van der Waals surface area contributed by atoms with Gasteiger partial charge in [-0.25, -0.2) is 0 Å². The summed E-state index contributed by atoms with van der Waals surface area (Å²) >= 11 is 0. The highest BCUT2D eigenvalue weighted by atomic mass is 16.5. The van der Waals surface area contributed by atoms with Gasteiger partial charge in [-0.3, -0.25) is 0 Å². The molecule has 0 bridgehead atoms. The van der Waals surface area contributed by atoms with E-state index in [-0.39, 0.29) is 0 Å². The van der Waals surface area contributed by atoms with Crippen LogP contribution in [-0.2, 0) is 11.3 Å². The Morgan fingerprint density at radius 1 is 1.12 bits per heavy atom. The fourth-order valence-electron chi connectivity index (χ4n) is 1.86. The van der Waals surface area contributed by atoms with Crippen LogP contribution < -0.4 is 0 Å². The van der Waals surface area contributed by atoms with E-state index in [1.54, 1.807) is 0 Å². The first-order chi connectivity index (χ1) is 7.92. The average Bonchev–Trinajstić information content (AvgIpc) is 2.73. The third-order valence-corrected chi connectivity index (χ3v) is 2.79. The lowest BCUT2D eigenvalue weighted by atomic mass is 10.3. The van der Waals surface area contributed by atoms with Gasteiger partial charge in [0.1, 0.15) is 0 Å². The number of pyridine rings is 1. The summed E-state index contributed by atoms with van der Waals surface area (Å²) in [6.45, 7) is 3.79. The Balaban J connectivity index is 1.89. The summed E-state index contributed by atoms with van der Waals surface area (Å²) in [6.07, 6.45) is 5.76. The molecule has 0 fully saturated rings. The largest absolute Gasteiger partial charge is 0.375 e. The highest BCUT2D eigenvalue weighted by Crippen LogP contribution is 2.10. The number of unbranched alkanes of at least 4 members (excludes halogenated alkanes) is 2. The summed E-state index contributed by atoms with van der Waals surface area (Å²) in [5.74, 6) is 0. The predicted molar refractivity (Wildman–Crippen MR) is 66.6 cm³/mol. The van der Waals surface area contributed by atoms with Gasteiger partial charge in [0.25, 0.3) is 0 Å². The molecule has 2 heteroatoms. The van der Waals surface area contributed by atoms with Gasteiger partial charge < -0.3 is 9.14 Å². The van der Waals surface area contributed by atoms with Crippen LogP contribution in [-0.4, -0.2) is 11.0 Å². The SMILES string of the molecule is CCCCCOCc1ccc2ccccn12. The van der Waals surface area contributed by atoms with Crippen LogP contribution in [0.25, 0.3) is 5.52 Å². The van der Waals surface area contributed by atoms with Gasteiger partial charge >= 0.3 is 0 Å². The molecule has 0 atom stereocenters. The lowest BCUT2D eigenvalue weighted by Gasteiger charge is -2.04. The van der Waals surface area contributed by atoms with Crippen molar-refractivity contribution in [2.24, 2.45) is 0 Å². The van der Waals surface area contributed by atoms with Gasteiger partial charge in [0.15, 0.2) is 0 Å². The van der Waals surface area contributed by atoms with Crippen LogP contribution >= 0.6 is 0 Å². The Morgan fingerprint density at radius 3 is 2.94 bits per heavy atom. The molecule has 86 valence electrons. The lowest BCUT2D eigenvalue weighted by Crippen LogP contribution is -1.98. The summed E-state index contributed by atoms with van der Waals surface area (Å²) < 4.78 is 7.85. The predicted octanol–water partition coefficient (Wildman–Crippen LogP) is 3.65. The molecule has 2 heterocycles. The summed E-state index contributed by atoms with van der Waals surface area (Å²) in [7, 11) is 0. The molecule has 2 aromatic heterocycles. The molecule has 0 aliphatic heterocycles. The summed E-state index contributed by atoms with van der Waals surface area (Å²) in [5.41, 5.74) is 2.46. The number of ether oxygens (including phenoxy) is 1.